The minimum absolute atomic E-state index is 0.0585. The zero-order valence-electron chi connectivity index (χ0n) is 13.7. The molecule has 0 radical (unpaired) electrons. The number of guanidine groups is 1. The maximum atomic E-state index is 11.9. The monoisotopic (exact) mass is 347 g/mol. The number of amidine groups is 1. The molecule has 0 spiro atoms. The lowest BCUT2D eigenvalue weighted by atomic mass is 9.92. The van der Waals surface area contributed by atoms with E-state index in [-0.39, 0.29) is 22.9 Å². The molecule has 0 aliphatic heterocycles. The second-order valence-corrected chi connectivity index (χ2v) is 5.73. The van der Waals surface area contributed by atoms with Crippen molar-refractivity contribution >= 4 is 34.2 Å². The number of carboxylic acid groups (broad SMARTS) is 1. The van der Waals surface area contributed by atoms with Gasteiger partial charge in [-0.25, -0.2) is 9.79 Å². The summed E-state index contributed by atoms with van der Waals surface area (Å²) in [4.78, 5) is 15.9. The van der Waals surface area contributed by atoms with Crippen LogP contribution in [0.25, 0.3) is 21.9 Å². The Labute approximate surface area is 149 Å². The molecule has 3 rings (SSSR count). The summed E-state index contributed by atoms with van der Waals surface area (Å²) in [6, 6.07) is 16.3. The molecule has 0 saturated carbocycles. The average Bonchev–Trinajstić information content (AvgIpc) is 2.59. The molecule has 7 nitrogen and oxygen atoms in total. The normalized spacial score (nSPS) is 10.5. The van der Waals surface area contributed by atoms with Gasteiger partial charge in [0.1, 0.15) is 5.84 Å². The van der Waals surface area contributed by atoms with Gasteiger partial charge < -0.3 is 22.3 Å². The Bertz CT molecular complexity index is 1070. The Morgan fingerprint density at radius 2 is 1.65 bits per heavy atom. The fraction of sp³-hybridized carbons (Fsp3) is 0. The first kappa shape index (κ1) is 17.0. The number of carboxylic acids is 1. The smallest absolute Gasteiger partial charge is 0.337 e. The molecule has 3 aromatic carbocycles. The summed E-state index contributed by atoms with van der Waals surface area (Å²) in [7, 11) is 0. The Hall–Kier alpha value is -3.87. The number of aromatic carboxylic acids is 1. The van der Waals surface area contributed by atoms with E-state index >= 15 is 0 Å². The molecule has 0 aliphatic rings. The van der Waals surface area contributed by atoms with Gasteiger partial charge in [-0.2, -0.15) is 0 Å². The molecule has 0 amide bonds. The molecule has 0 fully saturated rings. The molecule has 0 aliphatic carbocycles. The highest BCUT2D eigenvalue weighted by Crippen LogP contribution is 2.33. The lowest BCUT2D eigenvalue weighted by molar-refractivity contribution is 0.0697. The van der Waals surface area contributed by atoms with Crippen LogP contribution in [0.1, 0.15) is 15.9 Å². The Balaban J connectivity index is 2.35. The fourth-order valence-corrected chi connectivity index (χ4v) is 2.87. The minimum atomic E-state index is -1.19. The Kier molecular flexibility index (Phi) is 4.28. The molecule has 0 aromatic heterocycles. The highest BCUT2D eigenvalue weighted by Gasteiger charge is 2.20. The van der Waals surface area contributed by atoms with Gasteiger partial charge in [-0.1, -0.05) is 36.4 Å². The molecule has 130 valence electrons. The van der Waals surface area contributed by atoms with Gasteiger partial charge in [0, 0.05) is 5.56 Å². The first-order valence-corrected chi connectivity index (χ1v) is 7.71. The third-order valence-corrected chi connectivity index (χ3v) is 3.95. The van der Waals surface area contributed by atoms with E-state index < -0.39 is 5.97 Å². The number of nitrogen functional groups attached to an aromatic ring is 1. The van der Waals surface area contributed by atoms with E-state index in [2.05, 4.69) is 4.99 Å². The first-order valence-electron chi connectivity index (χ1n) is 7.71. The van der Waals surface area contributed by atoms with Gasteiger partial charge in [0.25, 0.3) is 0 Å². The summed E-state index contributed by atoms with van der Waals surface area (Å²) in [5.74, 6) is -1.74. The molecule has 0 unspecified atom stereocenters. The van der Waals surface area contributed by atoms with Gasteiger partial charge >= 0.3 is 5.97 Å². The maximum Gasteiger partial charge on any atom is 0.337 e. The van der Waals surface area contributed by atoms with Crippen LogP contribution in [-0.4, -0.2) is 22.9 Å². The summed E-state index contributed by atoms with van der Waals surface area (Å²) in [5.41, 5.74) is 17.8. The molecule has 7 heteroatoms. The van der Waals surface area contributed by atoms with E-state index in [4.69, 9.17) is 22.6 Å². The second kappa shape index (κ2) is 6.56. The van der Waals surface area contributed by atoms with Crippen LogP contribution in [0.15, 0.2) is 59.6 Å². The highest BCUT2D eigenvalue weighted by atomic mass is 16.4. The van der Waals surface area contributed by atoms with Gasteiger partial charge in [-0.15, -0.1) is 0 Å². The van der Waals surface area contributed by atoms with E-state index in [1.165, 1.54) is 6.07 Å². The Morgan fingerprint density at radius 1 is 0.962 bits per heavy atom. The summed E-state index contributed by atoms with van der Waals surface area (Å²) in [6.07, 6.45) is 0. The van der Waals surface area contributed by atoms with Crippen molar-refractivity contribution in [1.82, 2.24) is 0 Å². The number of nitrogens with one attached hydrogen (secondary N) is 1. The number of hydrogen-bond donors (Lipinski definition) is 5. The van der Waals surface area contributed by atoms with Crippen molar-refractivity contribution in [2.75, 3.05) is 0 Å². The number of aliphatic imine (C=N–C) groups is 1. The molecular formula is C19H17N5O2. The van der Waals surface area contributed by atoms with Crippen molar-refractivity contribution in [3.63, 3.8) is 0 Å². The highest BCUT2D eigenvalue weighted by molar-refractivity contribution is 6.10. The molecule has 0 atom stereocenters. The van der Waals surface area contributed by atoms with Gasteiger partial charge in [-0.05, 0) is 40.1 Å². The van der Waals surface area contributed by atoms with Crippen molar-refractivity contribution in [2.45, 2.75) is 0 Å². The third kappa shape index (κ3) is 3.18. The SMILES string of the molecule is N=C(N)c1cc(N=C(N)N)cc(-c2ccc3ccccc3c2)c1C(=O)O. The number of nitrogens with zero attached hydrogens (tertiary/aromatic N) is 1. The summed E-state index contributed by atoms with van der Waals surface area (Å²) in [5, 5.41) is 19.4. The third-order valence-electron chi connectivity index (χ3n) is 3.95. The standard InChI is InChI=1S/C19H17N5O2/c20-17(21)15-9-13(24-19(22)23)8-14(16(15)18(25)26)12-6-5-10-3-1-2-4-11(10)7-12/h1-9H,(H3,20,21)(H,25,26)(H4,22,23,24). The van der Waals surface area contributed by atoms with Crippen LogP contribution in [0, 0.1) is 5.41 Å². The molecular weight excluding hydrogens is 330 g/mol. The number of hydrogen-bond acceptors (Lipinski definition) is 3. The number of carbonyl (C=O) groups is 1. The van der Waals surface area contributed by atoms with Crippen LogP contribution in [0.5, 0.6) is 0 Å². The molecule has 8 N–H and O–H groups in total. The average molecular weight is 347 g/mol. The van der Waals surface area contributed by atoms with E-state index in [1.807, 2.05) is 42.5 Å². The van der Waals surface area contributed by atoms with Crippen LogP contribution < -0.4 is 17.2 Å². The molecule has 3 aromatic rings. The predicted octanol–water partition coefficient (Wildman–Crippen LogP) is 2.39. The quantitative estimate of drug-likeness (QED) is 0.362. The van der Waals surface area contributed by atoms with Crippen molar-refractivity contribution in [1.29, 1.82) is 5.41 Å². The van der Waals surface area contributed by atoms with E-state index in [1.54, 1.807) is 6.07 Å². The van der Waals surface area contributed by atoms with Crippen molar-refractivity contribution in [3.8, 4) is 11.1 Å². The van der Waals surface area contributed by atoms with E-state index in [0.29, 0.717) is 16.8 Å². The Morgan fingerprint density at radius 3 is 2.27 bits per heavy atom. The summed E-state index contributed by atoms with van der Waals surface area (Å²) in [6.45, 7) is 0. The van der Waals surface area contributed by atoms with E-state index in [0.717, 1.165) is 10.8 Å². The minimum Gasteiger partial charge on any atom is -0.478 e. The number of fused-ring (bicyclic) bond motifs is 1. The maximum absolute atomic E-state index is 11.9. The van der Waals surface area contributed by atoms with Crippen molar-refractivity contribution < 1.29 is 9.90 Å². The predicted molar refractivity (Wildman–Crippen MR) is 103 cm³/mol. The van der Waals surface area contributed by atoms with Crippen LogP contribution in [0.2, 0.25) is 0 Å². The molecule has 0 heterocycles. The van der Waals surface area contributed by atoms with Crippen LogP contribution in [0.3, 0.4) is 0 Å². The summed E-state index contributed by atoms with van der Waals surface area (Å²) < 4.78 is 0. The van der Waals surface area contributed by atoms with Gasteiger partial charge in [-0.3, -0.25) is 5.41 Å². The van der Waals surface area contributed by atoms with Gasteiger partial charge in [0.15, 0.2) is 5.96 Å². The number of nitrogens with two attached hydrogens (primary N) is 3. The number of benzene rings is 3. The first-order chi connectivity index (χ1) is 12.4. The fourth-order valence-electron chi connectivity index (χ4n) is 2.87. The van der Waals surface area contributed by atoms with Crippen LogP contribution >= 0.6 is 0 Å². The topological polar surface area (TPSA) is 152 Å². The molecule has 0 bridgehead atoms. The second-order valence-electron chi connectivity index (χ2n) is 5.73. The molecule has 0 saturated heterocycles. The van der Waals surface area contributed by atoms with Crippen molar-refractivity contribution in [3.05, 3.63) is 65.7 Å². The zero-order chi connectivity index (χ0) is 18.8. The van der Waals surface area contributed by atoms with E-state index in [9.17, 15) is 9.90 Å². The molecule has 26 heavy (non-hydrogen) atoms. The van der Waals surface area contributed by atoms with Crippen LogP contribution in [0.4, 0.5) is 5.69 Å². The van der Waals surface area contributed by atoms with Gasteiger partial charge in [0.2, 0.25) is 0 Å². The van der Waals surface area contributed by atoms with Crippen LogP contribution in [-0.2, 0) is 0 Å². The lowest BCUT2D eigenvalue weighted by Crippen LogP contribution is -2.22. The summed E-state index contributed by atoms with van der Waals surface area (Å²) >= 11 is 0. The largest absolute Gasteiger partial charge is 0.478 e. The lowest BCUT2D eigenvalue weighted by Gasteiger charge is -2.13. The number of rotatable bonds is 4. The van der Waals surface area contributed by atoms with Crippen molar-refractivity contribution in [2.24, 2.45) is 22.2 Å². The zero-order valence-corrected chi connectivity index (χ0v) is 13.7. The van der Waals surface area contributed by atoms with Gasteiger partial charge in [0.05, 0.1) is 11.3 Å².